The Bertz CT molecular complexity index is 1050. The number of thioether (sulfide) groups is 1. The summed E-state index contributed by atoms with van der Waals surface area (Å²) in [5, 5.41) is 11.2. The second-order valence-electron chi connectivity index (χ2n) is 6.19. The van der Waals surface area contributed by atoms with Crippen LogP contribution in [0.2, 0.25) is 0 Å². The maximum absolute atomic E-state index is 12.2. The van der Waals surface area contributed by atoms with Crippen LogP contribution in [0.1, 0.15) is 5.56 Å². The molecule has 30 heavy (non-hydrogen) atoms. The van der Waals surface area contributed by atoms with Crippen molar-refractivity contribution in [3.63, 3.8) is 0 Å². The molecule has 1 aromatic heterocycles. The fourth-order valence-corrected chi connectivity index (χ4v) is 3.38. The third-order valence-corrected chi connectivity index (χ3v) is 5.12. The number of carbonyl (C=O) groups is 1. The van der Waals surface area contributed by atoms with Crippen LogP contribution in [-0.2, 0) is 11.3 Å². The number of hydrogen-bond donors (Lipinski definition) is 1. The van der Waals surface area contributed by atoms with Gasteiger partial charge in [-0.25, -0.2) is 0 Å². The van der Waals surface area contributed by atoms with Gasteiger partial charge in [0.05, 0.1) is 25.5 Å². The van der Waals surface area contributed by atoms with E-state index in [-0.39, 0.29) is 29.6 Å². The lowest BCUT2D eigenvalue weighted by Crippen LogP contribution is -2.24. The number of hydrogen-bond acceptors (Lipinski definition) is 9. The summed E-state index contributed by atoms with van der Waals surface area (Å²) < 4.78 is 26.9. The van der Waals surface area contributed by atoms with Crippen LogP contribution >= 0.6 is 11.8 Å². The number of rotatable bonds is 8. The zero-order valence-electron chi connectivity index (χ0n) is 16.3. The summed E-state index contributed by atoms with van der Waals surface area (Å²) in [6.07, 6.45) is 0. The third kappa shape index (κ3) is 4.43. The number of benzene rings is 2. The minimum absolute atomic E-state index is 0.140. The molecule has 0 aliphatic carbocycles. The largest absolute Gasteiger partial charge is 0.497 e. The number of methoxy groups -OCH3 is 2. The van der Waals surface area contributed by atoms with E-state index in [1.165, 1.54) is 0 Å². The van der Waals surface area contributed by atoms with Crippen molar-refractivity contribution in [1.82, 2.24) is 15.5 Å². The summed E-state index contributed by atoms with van der Waals surface area (Å²) in [5.74, 6) is 2.88. The van der Waals surface area contributed by atoms with Gasteiger partial charge in [-0.15, -0.1) is 10.2 Å². The van der Waals surface area contributed by atoms with Gasteiger partial charge in [-0.3, -0.25) is 4.79 Å². The molecule has 4 rings (SSSR count). The van der Waals surface area contributed by atoms with Gasteiger partial charge in [0.25, 0.3) is 11.1 Å². The van der Waals surface area contributed by atoms with Crippen LogP contribution in [0, 0.1) is 0 Å². The number of carbonyl (C=O) groups excluding carboxylic acids is 1. The molecular weight excluding hydrogens is 410 g/mol. The minimum Gasteiger partial charge on any atom is -0.497 e. The smallest absolute Gasteiger partial charge is 0.277 e. The van der Waals surface area contributed by atoms with Crippen LogP contribution in [-0.4, -0.2) is 42.9 Å². The van der Waals surface area contributed by atoms with Crippen molar-refractivity contribution < 1.29 is 28.2 Å². The average molecular weight is 429 g/mol. The van der Waals surface area contributed by atoms with Crippen molar-refractivity contribution in [3.05, 3.63) is 42.0 Å². The second kappa shape index (κ2) is 8.95. The SMILES string of the molecule is COc1ccc(OC)c(-c2nnc(SCC(=O)NCc3ccc4c(c3)OCO4)o2)c1. The molecule has 0 saturated heterocycles. The van der Waals surface area contributed by atoms with Crippen molar-refractivity contribution in [1.29, 1.82) is 0 Å². The minimum atomic E-state index is -0.156. The lowest BCUT2D eigenvalue weighted by atomic mass is 10.2. The first-order chi connectivity index (χ1) is 14.7. The maximum Gasteiger partial charge on any atom is 0.277 e. The summed E-state index contributed by atoms with van der Waals surface area (Å²) in [5.41, 5.74) is 1.53. The van der Waals surface area contributed by atoms with Crippen LogP contribution < -0.4 is 24.3 Å². The van der Waals surface area contributed by atoms with Crippen molar-refractivity contribution in [2.24, 2.45) is 0 Å². The van der Waals surface area contributed by atoms with Crippen LogP contribution in [0.4, 0.5) is 0 Å². The van der Waals surface area contributed by atoms with Crippen molar-refractivity contribution in [3.8, 4) is 34.5 Å². The predicted molar refractivity (Wildman–Crippen MR) is 108 cm³/mol. The molecular formula is C20H19N3O6S. The van der Waals surface area contributed by atoms with E-state index in [0.717, 1.165) is 17.3 Å². The molecule has 9 nitrogen and oxygen atoms in total. The Balaban J connectivity index is 1.33. The maximum atomic E-state index is 12.2. The number of aromatic nitrogens is 2. The first-order valence-corrected chi connectivity index (χ1v) is 9.99. The number of nitrogens with zero attached hydrogens (tertiary/aromatic N) is 2. The first kappa shape index (κ1) is 19.9. The molecule has 2 aromatic carbocycles. The zero-order chi connectivity index (χ0) is 20.9. The summed E-state index contributed by atoms with van der Waals surface area (Å²) in [6.45, 7) is 0.599. The molecule has 0 unspecified atom stereocenters. The third-order valence-electron chi connectivity index (χ3n) is 4.30. The first-order valence-electron chi connectivity index (χ1n) is 9.00. The van der Waals surface area contributed by atoms with E-state index in [2.05, 4.69) is 15.5 Å². The Hall–Kier alpha value is -3.40. The fourth-order valence-electron chi connectivity index (χ4n) is 2.79. The lowest BCUT2D eigenvalue weighted by Gasteiger charge is -2.07. The molecule has 1 aliphatic heterocycles. The average Bonchev–Trinajstić information content (AvgIpc) is 3.44. The van der Waals surface area contributed by atoms with Crippen molar-refractivity contribution >= 4 is 17.7 Å². The highest BCUT2D eigenvalue weighted by atomic mass is 32.2. The quantitative estimate of drug-likeness (QED) is 0.541. The summed E-state index contributed by atoms with van der Waals surface area (Å²) in [7, 11) is 3.13. The van der Waals surface area contributed by atoms with Gasteiger partial charge in [-0.2, -0.15) is 0 Å². The molecule has 1 N–H and O–H groups in total. The van der Waals surface area contributed by atoms with Gasteiger partial charge in [0, 0.05) is 6.54 Å². The Labute approximate surface area is 176 Å². The molecule has 156 valence electrons. The summed E-state index contributed by atoms with van der Waals surface area (Å²) in [4.78, 5) is 12.2. The van der Waals surface area contributed by atoms with E-state index in [9.17, 15) is 4.79 Å². The van der Waals surface area contributed by atoms with Crippen LogP contribution in [0.15, 0.2) is 46.0 Å². The number of fused-ring (bicyclic) bond motifs is 1. The number of amides is 1. The van der Waals surface area contributed by atoms with Crippen LogP contribution in [0.25, 0.3) is 11.5 Å². The van der Waals surface area contributed by atoms with E-state index < -0.39 is 0 Å². The monoisotopic (exact) mass is 429 g/mol. The Morgan fingerprint density at radius 1 is 1.10 bits per heavy atom. The van der Waals surface area contributed by atoms with Gasteiger partial charge in [-0.05, 0) is 35.9 Å². The van der Waals surface area contributed by atoms with Gasteiger partial charge in [0.1, 0.15) is 11.5 Å². The topological polar surface area (TPSA) is 105 Å². The molecule has 10 heteroatoms. The van der Waals surface area contributed by atoms with Crippen molar-refractivity contribution in [2.45, 2.75) is 11.8 Å². The van der Waals surface area contributed by atoms with Gasteiger partial charge < -0.3 is 28.7 Å². The number of ether oxygens (including phenoxy) is 4. The molecule has 1 amide bonds. The van der Waals surface area contributed by atoms with E-state index in [0.29, 0.717) is 35.1 Å². The van der Waals surface area contributed by atoms with Crippen LogP contribution in [0.3, 0.4) is 0 Å². The highest BCUT2D eigenvalue weighted by molar-refractivity contribution is 7.99. The molecule has 3 aromatic rings. The standard InChI is InChI=1S/C20H19N3O6S/c1-25-13-4-6-15(26-2)14(8-13)19-22-23-20(29-19)30-10-18(24)21-9-12-3-5-16-17(7-12)28-11-27-16/h3-8H,9-11H2,1-2H3,(H,21,24). The van der Waals surface area contributed by atoms with Crippen LogP contribution in [0.5, 0.6) is 23.0 Å². The fraction of sp³-hybridized carbons (Fsp3) is 0.250. The molecule has 0 radical (unpaired) electrons. The summed E-state index contributed by atoms with van der Waals surface area (Å²) >= 11 is 1.15. The summed E-state index contributed by atoms with van der Waals surface area (Å²) in [6, 6.07) is 10.8. The Morgan fingerprint density at radius 2 is 1.97 bits per heavy atom. The molecule has 2 heterocycles. The second-order valence-corrected chi connectivity index (χ2v) is 7.12. The van der Waals surface area contributed by atoms with E-state index in [1.807, 2.05) is 18.2 Å². The van der Waals surface area contributed by atoms with E-state index in [4.69, 9.17) is 23.4 Å². The number of nitrogens with one attached hydrogen (secondary N) is 1. The Morgan fingerprint density at radius 3 is 2.80 bits per heavy atom. The molecule has 0 spiro atoms. The molecule has 1 aliphatic rings. The molecule has 0 fully saturated rings. The lowest BCUT2D eigenvalue weighted by molar-refractivity contribution is -0.118. The molecule has 0 bridgehead atoms. The highest BCUT2D eigenvalue weighted by Crippen LogP contribution is 2.34. The van der Waals surface area contributed by atoms with Gasteiger partial charge in [-0.1, -0.05) is 17.8 Å². The predicted octanol–water partition coefficient (Wildman–Crippen LogP) is 2.89. The van der Waals surface area contributed by atoms with Gasteiger partial charge in [0.15, 0.2) is 11.5 Å². The molecule has 0 saturated carbocycles. The zero-order valence-corrected chi connectivity index (χ0v) is 17.2. The Kier molecular flexibility index (Phi) is 5.94. The molecule has 0 atom stereocenters. The van der Waals surface area contributed by atoms with E-state index in [1.54, 1.807) is 32.4 Å². The van der Waals surface area contributed by atoms with E-state index >= 15 is 0 Å². The highest BCUT2D eigenvalue weighted by Gasteiger charge is 2.17. The normalized spacial score (nSPS) is 11.9. The van der Waals surface area contributed by atoms with Crippen molar-refractivity contribution in [2.75, 3.05) is 26.8 Å². The van der Waals surface area contributed by atoms with Gasteiger partial charge in [0.2, 0.25) is 12.7 Å². The van der Waals surface area contributed by atoms with Gasteiger partial charge >= 0.3 is 0 Å².